The number of primary amides is 1. The second kappa shape index (κ2) is 8.44. The Bertz CT molecular complexity index is 882. The third kappa shape index (κ3) is 4.29. The first kappa shape index (κ1) is 19.1. The van der Waals surface area contributed by atoms with Gasteiger partial charge in [0.05, 0.1) is 13.2 Å². The van der Waals surface area contributed by atoms with Crippen molar-refractivity contribution in [1.29, 1.82) is 0 Å². The Labute approximate surface area is 168 Å². The quantitative estimate of drug-likeness (QED) is 0.809. The van der Waals surface area contributed by atoms with Crippen LogP contribution in [0.2, 0.25) is 0 Å². The van der Waals surface area contributed by atoms with Gasteiger partial charge in [-0.05, 0) is 43.2 Å². The summed E-state index contributed by atoms with van der Waals surface area (Å²) in [5, 5.41) is 2.83. The topological polar surface area (TPSA) is 114 Å². The predicted octanol–water partition coefficient (Wildman–Crippen LogP) is 1.46. The summed E-state index contributed by atoms with van der Waals surface area (Å²) >= 11 is 0. The van der Waals surface area contributed by atoms with Gasteiger partial charge in [0.1, 0.15) is 11.9 Å². The zero-order valence-electron chi connectivity index (χ0n) is 16.1. The van der Waals surface area contributed by atoms with E-state index >= 15 is 0 Å². The number of nitrogens with two attached hydrogens (primary N) is 1. The molecule has 0 spiro atoms. The summed E-state index contributed by atoms with van der Waals surface area (Å²) in [6.45, 7) is 3.54. The van der Waals surface area contributed by atoms with Crippen LogP contribution < -0.4 is 16.0 Å². The highest BCUT2D eigenvalue weighted by molar-refractivity contribution is 5.94. The summed E-state index contributed by atoms with van der Waals surface area (Å²) < 4.78 is 5.39. The average Bonchev–Trinajstić information content (AvgIpc) is 3.26. The van der Waals surface area contributed by atoms with Crippen LogP contribution in [0.5, 0.6) is 0 Å². The summed E-state index contributed by atoms with van der Waals surface area (Å²) in [5.74, 6) is 1.03. The predicted molar refractivity (Wildman–Crippen MR) is 108 cm³/mol. The third-order valence-corrected chi connectivity index (χ3v) is 5.21. The number of benzene rings is 1. The lowest BCUT2D eigenvalue weighted by atomic mass is 10.2. The first-order valence-electron chi connectivity index (χ1n) is 9.75. The van der Waals surface area contributed by atoms with E-state index in [4.69, 9.17) is 10.5 Å². The van der Waals surface area contributed by atoms with E-state index in [2.05, 4.69) is 20.2 Å². The van der Waals surface area contributed by atoms with Crippen LogP contribution in [0.25, 0.3) is 11.4 Å². The van der Waals surface area contributed by atoms with Crippen molar-refractivity contribution in [2.75, 3.05) is 43.1 Å². The maximum absolute atomic E-state index is 12.5. The van der Waals surface area contributed by atoms with E-state index in [0.717, 1.165) is 30.9 Å². The van der Waals surface area contributed by atoms with Crippen LogP contribution in [-0.2, 0) is 9.53 Å². The van der Waals surface area contributed by atoms with Crippen LogP contribution in [0.4, 0.5) is 16.3 Å². The van der Waals surface area contributed by atoms with E-state index in [1.807, 2.05) is 18.2 Å². The van der Waals surface area contributed by atoms with Gasteiger partial charge < -0.3 is 25.6 Å². The second-order valence-corrected chi connectivity index (χ2v) is 7.10. The molecule has 2 saturated heterocycles. The summed E-state index contributed by atoms with van der Waals surface area (Å²) in [6.07, 6.45) is 3.13. The van der Waals surface area contributed by atoms with Crippen LogP contribution in [0.15, 0.2) is 36.5 Å². The molecule has 0 aliphatic carbocycles. The minimum atomic E-state index is -0.536. The first-order valence-corrected chi connectivity index (χ1v) is 9.75. The fourth-order valence-electron chi connectivity index (χ4n) is 3.66. The lowest BCUT2D eigenvalue weighted by molar-refractivity contribution is -0.121. The average molecular weight is 396 g/mol. The number of carbonyl (C=O) groups is 2. The number of aromatic nitrogens is 2. The van der Waals surface area contributed by atoms with Crippen LogP contribution in [-0.4, -0.2) is 65.7 Å². The van der Waals surface area contributed by atoms with Gasteiger partial charge >= 0.3 is 6.03 Å². The highest BCUT2D eigenvalue weighted by Gasteiger charge is 2.32. The number of ether oxygens (including phenoxy) is 1. The van der Waals surface area contributed by atoms with Crippen LogP contribution in [0, 0.1) is 0 Å². The summed E-state index contributed by atoms with van der Waals surface area (Å²) in [6, 6.07) is 8.37. The largest absolute Gasteiger partial charge is 0.378 e. The Morgan fingerprint density at radius 1 is 1.10 bits per heavy atom. The molecule has 3 amide bonds. The van der Waals surface area contributed by atoms with Crippen molar-refractivity contribution in [3.8, 4) is 11.4 Å². The van der Waals surface area contributed by atoms with Crippen LogP contribution in [0.1, 0.15) is 12.8 Å². The molecule has 0 saturated carbocycles. The molecule has 3 N–H and O–H groups in total. The number of carbonyl (C=O) groups excluding carboxylic acids is 2. The van der Waals surface area contributed by atoms with Gasteiger partial charge in [-0.15, -0.1) is 0 Å². The molecule has 4 rings (SSSR count). The minimum absolute atomic E-state index is 0.315. The molecule has 152 valence electrons. The summed E-state index contributed by atoms with van der Waals surface area (Å²) in [7, 11) is 0. The van der Waals surface area contributed by atoms with Crippen molar-refractivity contribution >= 4 is 23.4 Å². The van der Waals surface area contributed by atoms with Crippen molar-refractivity contribution in [2.45, 2.75) is 18.9 Å². The van der Waals surface area contributed by atoms with E-state index in [1.54, 1.807) is 18.3 Å². The Hall–Kier alpha value is -3.20. The Kier molecular flexibility index (Phi) is 5.57. The fraction of sp³-hybridized carbons (Fsp3) is 0.400. The summed E-state index contributed by atoms with van der Waals surface area (Å²) in [5.41, 5.74) is 6.88. The first-order chi connectivity index (χ1) is 14.1. The van der Waals surface area contributed by atoms with Crippen molar-refractivity contribution in [3.63, 3.8) is 0 Å². The molecule has 2 aliphatic heterocycles. The molecule has 0 bridgehead atoms. The molecule has 1 aromatic heterocycles. The lowest BCUT2D eigenvalue weighted by Gasteiger charge is -2.27. The number of amides is 3. The van der Waals surface area contributed by atoms with Gasteiger partial charge in [0, 0.05) is 37.1 Å². The number of hydrogen-bond donors (Lipinski definition) is 2. The molecule has 0 radical (unpaired) electrons. The molecule has 1 aromatic carbocycles. The molecule has 2 fully saturated rings. The van der Waals surface area contributed by atoms with Crippen LogP contribution in [0.3, 0.4) is 0 Å². The maximum atomic E-state index is 12.5. The second-order valence-electron chi connectivity index (χ2n) is 7.10. The van der Waals surface area contributed by atoms with E-state index < -0.39 is 11.9 Å². The van der Waals surface area contributed by atoms with Gasteiger partial charge in [-0.1, -0.05) is 0 Å². The minimum Gasteiger partial charge on any atom is -0.378 e. The molecule has 1 atom stereocenters. The third-order valence-electron chi connectivity index (χ3n) is 5.21. The number of hydrogen-bond acceptors (Lipinski definition) is 6. The highest BCUT2D eigenvalue weighted by Crippen LogP contribution is 2.22. The number of morpholine rings is 1. The Morgan fingerprint density at radius 3 is 2.59 bits per heavy atom. The SMILES string of the molecule is NC(=O)[C@@H]1CCCN1C(=O)Nc1ccc(-c2nccc(N3CCOCC3)n2)cc1. The number of nitrogens with zero attached hydrogens (tertiary/aromatic N) is 4. The van der Waals surface area contributed by atoms with Gasteiger partial charge in [0.2, 0.25) is 5.91 Å². The van der Waals surface area contributed by atoms with Crippen molar-refractivity contribution in [2.24, 2.45) is 5.73 Å². The number of nitrogens with one attached hydrogen (secondary N) is 1. The number of rotatable bonds is 4. The van der Waals surface area contributed by atoms with E-state index in [1.165, 1.54) is 4.90 Å². The molecule has 0 unspecified atom stereocenters. The molecule has 3 heterocycles. The molecule has 2 aliphatic rings. The molecule has 9 nitrogen and oxygen atoms in total. The molecule has 2 aromatic rings. The van der Waals surface area contributed by atoms with E-state index in [0.29, 0.717) is 37.7 Å². The van der Waals surface area contributed by atoms with Gasteiger partial charge in [-0.3, -0.25) is 4.79 Å². The molecule has 9 heteroatoms. The zero-order valence-corrected chi connectivity index (χ0v) is 16.1. The van der Waals surface area contributed by atoms with Crippen molar-refractivity contribution < 1.29 is 14.3 Å². The number of likely N-dealkylation sites (tertiary alicyclic amines) is 1. The van der Waals surface area contributed by atoms with Gasteiger partial charge in [-0.25, -0.2) is 14.8 Å². The lowest BCUT2D eigenvalue weighted by Crippen LogP contribution is -2.45. The monoisotopic (exact) mass is 396 g/mol. The maximum Gasteiger partial charge on any atom is 0.322 e. The Morgan fingerprint density at radius 2 is 1.86 bits per heavy atom. The van der Waals surface area contributed by atoms with Crippen molar-refractivity contribution in [1.82, 2.24) is 14.9 Å². The highest BCUT2D eigenvalue weighted by atomic mass is 16.5. The number of anilines is 2. The van der Waals surface area contributed by atoms with Gasteiger partial charge in [-0.2, -0.15) is 0 Å². The van der Waals surface area contributed by atoms with Gasteiger partial charge in [0.15, 0.2) is 5.82 Å². The number of urea groups is 1. The van der Waals surface area contributed by atoms with E-state index in [-0.39, 0.29) is 6.03 Å². The fourth-order valence-corrected chi connectivity index (χ4v) is 3.66. The Balaban J connectivity index is 1.44. The van der Waals surface area contributed by atoms with Crippen LogP contribution >= 0.6 is 0 Å². The van der Waals surface area contributed by atoms with Gasteiger partial charge in [0.25, 0.3) is 0 Å². The molecule has 29 heavy (non-hydrogen) atoms. The molecular weight excluding hydrogens is 372 g/mol. The summed E-state index contributed by atoms with van der Waals surface area (Å²) in [4.78, 5) is 36.7. The van der Waals surface area contributed by atoms with Crippen molar-refractivity contribution in [3.05, 3.63) is 36.5 Å². The standard InChI is InChI=1S/C20H24N6O3/c21-18(27)16-2-1-9-26(16)20(28)23-15-5-3-14(4-6-15)19-22-8-7-17(24-19)25-10-12-29-13-11-25/h3-8,16H,1-2,9-13H2,(H2,21,27)(H,23,28)/t16-/m0/s1. The smallest absolute Gasteiger partial charge is 0.322 e. The molecular formula is C20H24N6O3. The normalized spacial score (nSPS) is 19.2. The zero-order chi connectivity index (χ0) is 20.2. The van der Waals surface area contributed by atoms with E-state index in [9.17, 15) is 9.59 Å².